The highest BCUT2D eigenvalue weighted by molar-refractivity contribution is 7.22. The Labute approximate surface area is 137 Å². The number of fused-ring (bicyclic) bond motifs is 1. The molecule has 1 aromatic heterocycles. The summed E-state index contributed by atoms with van der Waals surface area (Å²) in [7, 11) is 1.62. The molecule has 0 unspecified atom stereocenters. The van der Waals surface area contributed by atoms with E-state index in [0.717, 1.165) is 16.0 Å². The van der Waals surface area contributed by atoms with Gasteiger partial charge in [0.05, 0.1) is 29.5 Å². The number of carbonyl (C=O) groups excluding carboxylic acids is 1. The molecule has 1 heterocycles. The fraction of sp³-hybridized carbons (Fsp3) is 0.176. The standard InChI is InChI=1S/C17H16N2O3S/c1-3-22-14-7-5-4-6-12(14)16(20)19-17-18-13-9-8-11(21-2)10-15(13)23-17/h4-10H,3H2,1-2H3,(H,18,19,20). The van der Waals surface area contributed by atoms with Gasteiger partial charge in [-0.3, -0.25) is 10.1 Å². The van der Waals surface area contributed by atoms with Gasteiger partial charge in [-0.15, -0.1) is 0 Å². The van der Waals surface area contributed by atoms with Gasteiger partial charge in [-0.2, -0.15) is 0 Å². The zero-order valence-electron chi connectivity index (χ0n) is 12.8. The number of hydrogen-bond donors (Lipinski definition) is 1. The Morgan fingerprint density at radius 1 is 1.26 bits per heavy atom. The van der Waals surface area contributed by atoms with Crippen LogP contribution >= 0.6 is 11.3 Å². The highest BCUT2D eigenvalue weighted by Gasteiger charge is 2.14. The molecule has 0 saturated heterocycles. The molecule has 1 N–H and O–H groups in total. The summed E-state index contributed by atoms with van der Waals surface area (Å²) in [5.41, 5.74) is 1.32. The van der Waals surface area contributed by atoms with Crippen LogP contribution in [0.1, 0.15) is 17.3 Å². The number of nitrogens with zero attached hydrogens (tertiary/aromatic N) is 1. The van der Waals surface area contributed by atoms with Crippen LogP contribution in [-0.4, -0.2) is 24.6 Å². The van der Waals surface area contributed by atoms with Gasteiger partial charge >= 0.3 is 0 Å². The topological polar surface area (TPSA) is 60.5 Å². The summed E-state index contributed by atoms with van der Waals surface area (Å²) in [6.45, 7) is 2.39. The second kappa shape index (κ2) is 6.66. The molecule has 2 aromatic carbocycles. The largest absolute Gasteiger partial charge is 0.497 e. The maximum absolute atomic E-state index is 12.5. The molecule has 23 heavy (non-hydrogen) atoms. The molecule has 5 nitrogen and oxygen atoms in total. The number of carbonyl (C=O) groups is 1. The normalized spacial score (nSPS) is 10.5. The van der Waals surface area contributed by atoms with Crippen molar-refractivity contribution in [1.82, 2.24) is 4.98 Å². The second-order valence-electron chi connectivity index (χ2n) is 4.74. The van der Waals surface area contributed by atoms with Gasteiger partial charge in [0, 0.05) is 0 Å². The van der Waals surface area contributed by atoms with Crippen molar-refractivity contribution in [3.8, 4) is 11.5 Å². The van der Waals surface area contributed by atoms with Crippen molar-refractivity contribution in [2.75, 3.05) is 19.0 Å². The third-order valence-corrected chi connectivity index (χ3v) is 4.18. The first kappa shape index (κ1) is 15.3. The summed E-state index contributed by atoms with van der Waals surface area (Å²) in [6, 6.07) is 12.8. The minimum atomic E-state index is -0.236. The number of methoxy groups -OCH3 is 1. The molecule has 1 amide bonds. The number of amides is 1. The van der Waals surface area contributed by atoms with Gasteiger partial charge in [0.2, 0.25) is 0 Å². The maximum Gasteiger partial charge on any atom is 0.261 e. The van der Waals surface area contributed by atoms with E-state index in [1.54, 1.807) is 25.3 Å². The molecule has 118 valence electrons. The van der Waals surface area contributed by atoms with E-state index in [4.69, 9.17) is 9.47 Å². The van der Waals surface area contributed by atoms with E-state index in [9.17, 15) is 4.79 Å². The summed E-state index contributed by atoms with van der Waals surface area (Å²) in [4.78, 5) is 16.9. The Kier molecular flexibility index (Phi) is 4.43. The van der Waals surface area contributed by atoms with Crippen LogP contribution in [0.25, 0.3) is 10.2 Å². The molecule has 0 aliphatic carbocycles. The molecule has 0 fully saturated rings. The van der Waals surface area contributed by atoms with E-state index >= 15 is 0 Å². The number of nitrogens with one attached hydrogen (secondary N) is 1. The van der Waals surface area contributed by atoms with Crippen molar-refractivity contribution in [3.63, 3.8) is 0 Å². The van der Waals surface area contributed by atoms with Gasteiger partial charge < -0.3 is 9.47 Å². The van der Waals surface area contributed by atoms with Crippen LogP contribution in [0.15, 0.2) is 42.5 Å². The van der Waals surface area contributed by atoms with Gasteiger partial charge in [-0.05, 0) is 37.3 Å². The SMILES string of the molecule is CCOc1ccccc1C(=O)Nc1nc2ccc(OC)cc2s1. The molecule has 0 saturated carbocycles. The van der Waals surface area contributed by atoms with Gasteiger partial charge in [0.15, 0.2) is 5.13 Å². The quantitative estimate of drug-likeness (QED) is 0.770. The summed E-state index contributed by atoms with van der Waals surface area (Å²) >= 11 is 1.41. The fourth-order valence-corrected chi connectivity index (χ4v) is 3.07. The van der Waals surface area contributed by atoms with Crippen LogP contribution in [0, 0.1) is 0 Å². The Hall–Kier alpha value is -2.60. The number of rotatable bonds is 5. The number of hydrogen-bond acceptors (Lipinski definition) is 5. The van der Waals surface area contributed by atoms with E-state index in [2.05, 4.69) is 10.3 Å². The van der Waals surface area contributed by atoms with Crippen LogP contribution in [0.2, 0.25) is 0 Å². The number of aromatic nitrogens is 1. The van der Waals surface area contributed by atoms with Crippen molar-refractivity contribution >= 4 is 32.6 Å². The first-order chi connectivity index (χ1) is 11.2. The molecule has 0 atom stereocenters. The predicted molar refractivity (Wildman–Crippen MR) is 91.7 cm³/mol. The Balaban J connectivity index is 1.85. The van der Waals surface area contributed by atoms with Crippen molar-refractivity contribution < 1.29 is 14.3 Å². The average molecular weight is 328 g/mol. The van der Waals surface area contributed by atoms with Crippen molar-refractivity contribution in [3.05, 3.63) is 48.0 Å². The van der Waals surface area contributed by atoms with Gasteiger partial charge in [-0.1, -0.05) is 23.5 Å². The minimum Gasteiger partial charge on any atom is -0.497 e. The molecular weight excluding hydrogens is 312 g/mol. The number of thiazole rings is 1. The Morgan fingerprint density at radius 3 is 2.87 bits per heavy atom. The van der Waals surface area contributed by atoms with E-state index in [-0.39, 0.29) is 5.91 Å². The molecule has 3 rings (SSSR count). The number of para-hydroxylation sites is 1. The Morgan fingerprint density at radius 2 is 2.09 bits per heavy atom. The van der Waals surface area contributed by atoms with Gasteiger partial charge in [0.1, 0.15) is 11.5 Å². The number of anilines is 1. The van der Waals surface area contributed by atoms with Crippen LogP contribution in [0.5, 0.6) is 11.5 Å². The monoisotopic (exact) mass is 328 g/mol. The highest BCUT2D eigenvalue weighted by atomic mass is 32.1. The molecule has 3 aromatic rings. The second-order valence-corrected chi connectivity index (χ2v) is 5.77. The molecule has 6 heteroatoms. The van der Waals surface area contributed by atoms with Crippen molar-refractivity contribution in [2.24, 2.45) is 0 Å². The summed E-state index contributed by atoms with van der Waals surface area (Å²) in [6.07, 6.45) is 0. The highest BCUT2D eigenvalue weighted by Crippen LogP contribution is 2.30. The zero-order valence-corrected chi connectivity index (χ0v) is 13.6. The zero-order chi connectivity index (χ0) is 16.2. The molecular formula is C17H16N2O3S. The first-order valence-corrected chi connectivity index (χ1v) is 8.00. The first-order valence-electron chi connectivity index (χ1n) is 7.19. The number of benzene rings is 2. The lowest BCUT2D eigenvalue weighted by Crippen LogP contribution is -2.13. The lowest BCUT2D eigenvalue weighted by atomic mass is 10.2. The van der Waals surface area contributed by atoms with Crippen LogP contribution in [0.4, 0.5) is 5.13 Å². The number of ether oxygens (including phenoxy) is 2. The Bertz CT molecular complexity index is 845. The third kappa shape index (κ3) is 3.27. The van der Waals surface area contributed by atoms with E-state index in [1.807, 2.05) is 31.2 Å². The van der Waals surface area contributed by atoms with Crippen LogP contribution < -0.4 is 14.8 Å². The van der Waals surface area contributed by atoms with E-state index in [0.29, 0.717) is 23.1 Å². The summed E-state index contributed by atoms with van der Waals surface area (Å²) < 4.78 is 11.6. The summed E-state index contributed by atoms with van der Waals surface area (Å²) in [5, 5.41) is 3.38. The molecule has 0 bridgehead atoms. The average Bonchev–Trinajstić information content (AvgIpc) is 2.96. The molecule has 0 aliphatic heterocycles. The summed E-state index contributed by atoms with van der Waals surface area (Å²) in [5.74, 6) is 1.09. The van der Waals surface area contributed by atoms with E-state index in [1.165, 1.54) is 11.3 Å². The van der Waals surface area contributed by atoms with Crippen LogP contribution in [-0.2, 0) is 0 Å². The van der Waals surface area contributed by atoms with Crippen molar-refractivity contribution in [1.29, 1.82) is 0 Å². The van der Waals surface area contributed by atoms with E-state index < -0.39 is 0 Å². The maximum atomic E-state index is 12.5. The van der Waals surface area contributed by atoms with Gasteiger partial charge in [0.25, 0.3) is 5.91 Å². The van der Waals surface area contributed by atoms with Crippen LogP contribution in [0.3, 0.4) is 0 Å². The lowest BCUT2D eigenvalue weighted by molar-refractivity contribution is 0.102. The third-order valence-electron chi connectivity index (χ3n) is 3.25. The minimum absolute atomic E-state index is 0.236. The lowest BCUT2D eigenvalue weighted by Gasteiger charge is -2.08. The molecule has 0 spiro atoms. The molecule has 0 aliphatic rings. The predicted octanol–water partition coefficient (Wildman–Crippen LogP) is 3.96. The molecule has 0 radical (unpaired) electrons. The smallest absolute Gasteiger partial charge is 0.261 e. The van der Waals surface area contributed by atoms with Gasteiger partial charge in [-0.25, -0.2) is 4.98 Å². The van der Waals surface area contributed by atoms with Crippen molar-refractivity contribution in [2.45, 2.75) is 6.92 Å². The fourth-order valence-electron chi connectivity index (χ4n) is 2.19.